The van der Waals surface area contributed by atoms with Crippen molar-refractivity contribution in [1.82, 2.24) is 0 Å². The fourth-order valence-electron chi connectivity index (χ4n) is 3.29. The molecule has 0 radical (unpaired) electrons. The highest BCUT2D eigenvalue weighted by Gasteiger charge is 2.49. The van der Waals surface area contributed by atoms with Crippen molar-refractivity contribution >= 4 is 53.5 Å². The Hall–Kier alpha value is -2.23. The zero-order valence-electron chi connectivity index (χ0n) is 15.9. The van der Waals surface area contributed by atoms with E-state index < -0.39 is 21.4 Å². The van der Waals surface area contributed by atoms with Gasteiger partial charge in [-0.3, -0.25) is 9.59 Å². The molecule has 0 bridgehead atoms. The summed E-state index contributed by atoms with van der Waals surface area (Å²) in [6.45, 7) is 0. The summed E-state index contributed by atoms with van der Waals surface area (Å²) in [5, 5.41) is 8.75. The van der Waals surface area contributed by atoms with Gasteiger partial charge in [-0.1, -0.05) is 0 Å². The maximum Gasteiger partial charge on any atom is 0.534 e. The number of rotatable bonds is 2. The highest BCUT2D eigenvalue weighted by atomic mass is 79.9. The summed E-state index contributed by atoms with van der Waals surface area (Å²) in [6.07, 6.45) is 1.90. The molecule has 0 N–H and O–H groups in total. The van der Waals surface area contributed by atoms with Gasteiger partial charge < -0.3 is 4.18 Å². The second-order valence-corrected chi connectivity index (χ2v) is 9.92. The Morgan fingerprint density at radius 1 is 0.875 bits per heavy atom. The van der Waals surface area contributed by atoms with Crippen molar-refractivity contribution in [2.75, 3.05) is 0 Å². The highest BCUT2D eigenvalue weighted by molar-refractivity contribution is 9.11. The van der Waals surface area contributed by atoms with Gasteiger partial charge in [0.2, 0.25) is 0 Å². The summed E-state index contributed by atoms with van der Waals surface area (Å²) < 4.78 is 63.3. The number of fused-ring (bicyclic) bond motifs is 2. The molecule has 4 rings (SSSR count). The zero-order valence-corrected chi connectivity index (χ0v) is 19.9. The van der Waals surface area contributed by atoms with Gasteiger partial charge in [0.15, 0.2) is 17.3 Å². The van der Waals surface area contributed by atoms with Crippen LogP contribution in [0.3, 0.4) is 0 Å². The van der Waals surface area contributed by atoms with E-state index in [1.165, 1.54) is 6.07 Å². The number of carbonyl (C=O) groups excluding carboxylic acids is 2. The van der Waals surface area contributed by atoms with Crippen molar-refractivity contribution in [3.05, 3.63) is 61.0 Å². The molecule has 0 aromatic heterocycles. The van der Waals surface area contributed by atoms with Crippen LogP contribution in [-0.2, 0) is 23.0 Å². The summed E-state index contributed by atoms with van der Waals surface area (Å²) in [4.78, 5) is 22.7. The van der Waals surface area contributed by atoms with E-state index in [1.54, 1.807) is 12.1 Å². The Kier molecular flexibility index (Phi) is 6.83. The molecular weight excluding hydrogens is 583 g/mol. The minimum absolute atomic E-state index is 0.0590. The van der Waals surface area contributed by atoms with E-state index in [4.69, 9.17) is 5.26 Å². The number of halogens is 5. The van der Waals surface area contributed by atoms with Crippen LogP contribution < -0.4 is 4.18 Å². The van der Waals surface area contributed by atoms with Gasteiger partial charge in [-0.25, -0.2) is 0 Å². The molecule has 0 spiro atoms. The predicted octanol–water partition coefficient (Wildman–Crippen LogP) is 5.26. The number of nitriles is 1. The van der Waals surface area contributed by atoms with Crippen LogP contribution in [0.15, 0.2) is 33.2 Å². The van der Waals surface area contributed by atoms with Crippen molar-refractivity contribution in [2.45, 2.75) is 31.2 Å². The minimum Gasteiger partial charge on any atom is -0.375 e. The number of Topliss-reactive ketones (excluding diaryl/α,β-unsaturated/α-hetero) is 2. The number of carbonyl (C=O) groups is 2. The third-order valence-electron chi connectivity index (χ3n) is 4.86. The van der Waals surface area contributed by atoms with Gasteiger partial charge in [0, 0.05) is 28.4 Å². The summed E-state index contributed by atoms with van der Waals surface area (Å²) in [6, 6.07) is 7.80. The molecule has 0 aliphatic heterocycles. The highest BCUT2D eigenvalue weighted by Crippen LogP contribution is 2.38. The van der Waals surface area contributed by atoms with Crippen molar-refractivity contribution < 1.29 is 35.4 Å². The van der Waals surface area contributed by atoms with Crippen molar-refractivity contribution in [3.8, 4) is 11.8 Å². The van der Waals surface area contributed by atoms with Crippen LogP contribution in [0, 0.1) is 11.3 Å². The Morgan fingerprint density at radius 2 is 1.38 bits per heavy atom. The van der Waals surface area contributed by atoms with Crippen LogP contribution in [0.4, 0.5) is 13.2 Å². The first-order chi connectivity index (χ1) is 14.9. The topological polar surface area (TPSA) is 101 Å². The fourth-order valence-corrected chi connectivity index (χ4v) is 5.13. The van der Waals surface area contributed by atoms with Crippen LogP contribution in [0.1, 0.15) is 50.2 Å². The second kappa shape index (κ2) is 8.96. The molecule has 2 aliphatic carbocycles. The van der Waals surface area contributed by atoms with E-state index in [0.717, 1.165) is 28.1 Å². The van der Waals surface area contributed by atoms with Gasteiger partial charge >= 0.3 is 15.6 Å². The predicted molar refractivity (Wildman–Crippen MR) is 114 cm³/mol. The molecule has 6 nitrogen and oxygen atoms in total. The Morgan fingerprint density at radius 3 is 1.88 bits per heavy atom. The van der Waals surface area contributed by atoms with Gasteiger partial charge in [0.05, 0.1) is 10.0 Å². The van der Waals surface area contributed by atoms with E-state index in [-0.39, 0.29) is 22.5 Å². The maximum absolute atomic E-state index is 12.2. The van der Waals surface area contributed by atoms with Crippen LogP contribution in [-0.4, -0.2) is 25.5 Å². The van der Waals surface area contributed by atoms with Crippen molar-refractivity contribution in [3.63, 3.8) is 0 Å². The number of ketones is 2. The Bertz CT molecular complexity index is 1280. The molecule has 0 amide bonds. The molecule has 12 heteroatoms. The number of hydrogen-bond acceptors (Lipinski definition) is 6. The van der Waals surface area contributed by atoms with Gasteiger partial charge in [-0.15, -0.1) is 0 Å². The quantitative estimate of drug-likeness (QED) is 0.347. The average Bonchev–Trinajstić information content (AvgIpc) is 3.28. The normalized spacial score (nSPS) is 14.9. The molecule has 168 valence electrons. The number of hydrogen-bond donors (Lipinski definition) is 0. The molecule has 2 aromatic carbocycles. The Labute approximate surface area is 197 Å². The molecule has 2 aromatic rings. The lowest BCUT2D eigenvalue weighted by Crippen LogP contribution is -2.28. The number of benzene rings is 2. The summed E-state index contributed by atoms with van der Waals surface area (Å²) in [5.74, 6) is -0.438. The average molecular weight is 595 g/mol. The smallest absolute Gasteiger partial charge is 0.375 e. The molecule has 32 heavy (non-hydrogen) atoms. The summed E-state index contributed by atoms with van der Waals surface area (Å²) in [5.41, 5.74) is -2.31. The van der Waals surface area contributed by atoms with Crippen LogP contribution in [0.25, 0.3) is 0 Å². The van der Waals surface area contributed by atoms with Crippen molar-refractivity contribution in [2.24, 2.45) is 0 Å². The molecule has 0 atom stereocenters. The molecular formula is C20H12Br2F3NO5S. The molecule has 0 saturated carbocycles. The van der Waals surface area contributed by atoms with Gasteiger partial charge in [-0.2, -0.15) is 26.9 Å². The first-order valence-electron chi connectivity index (χ1n) is 8.97. The Balaban J connectivity index is 0.000000193. The number of alkyl halides is 3. The van der Waals surface area contributed by atoms with Gasteiger partial charge in [-0.05, 0) is 80.1 Å². The van der Waals surface area contributed by atoms with Gasteiger partial charge in [0.25, 0.3) is 0 Å². The minimum atomic E-state index is -5.72. The van der Waals surface area contributed by atoms with E-state index in [0.29, 0.717) is 29.5 Å². The first-order valence-corrected chi connectivity index (χ1v) is 12.0. The second-order valence-electron chi connectivity index (χ2n) is 6.80. The lowest BCUT2D eigenvalue weighted by molar-refractivity contribution is -0.0500. The molecule has 2 aliphatic rings. The number of nitrogens with zero attached hydrogens (tertiary/aromatic N) is 1. The lowest BCUT2D eigenvalue weighted by Gasteiger charge is -2.12. The van der Waals surface area contributed by atoms with Crippen LogP contribution >= 0.6 is 31.9 Å². The SMILES string of the molecule is N#Cc1ccc2c(c1Br)CCC2=O.O=C1CCc2c1ccc(OS(=O)(=O)C(F)(F)F)c2Br. The molecule has 0 fully saturated rings. The monoisotopic (exact) mass is 593 g/mol. The van der Waals surface area contributed by atoms with Crippen LogP contribution in [0.2, 0.25) is 0 Å². The van der Waals surface area contributed by atoms with Crippen LogP contribution in [0.5, 0.6) is 5.75 Å². The third-order valence-corrected chi connectivity index (χ3v) is 7.60. The molecule has 0 heterocycles. The molecule has 0 unspecified atom stereocenters. The maximum atomic E-state index is 12.2. The standard InChI is InChI=1S/C10H6BrF3O4S.C10H6BrNO/c11-9-6-1-3-7(15)5(6)2-4-8(9)18-19(16,17)10(12,13)14;11-10-6(5-12)1-2-7-8(10)3-4-9(7)13/h2,4H,1,3H2;1-2H,3-4H2. The van der Waals surface area contributed by atoms with Crippen molar-refractivity contribution in [1.29, 1.82) is 5.26 Å². The van der Waals surface area contributed by atoms with E-state index in [1.807, 2.05) is 0 Å². The zero-order chi connectivity index (χ0) is 23.8. The summed E-state index contributed by atoms with van der Waals surface area (Å²) >= 11 is 6.32. The first kappa shape index (κ1) is 24.4. The fraction of sp³-hybridized carbons (Fsp3) is 0.250. The third kappa shape index (κ3) is 4.60. The molecule has 0 saturated heterocycles. The van der Waals surface area contributed by atoms with E-state index in [2.05, 4.69) is 42.1 Å². The largest absolute Gasteiger partial charge is 0.534 e. The van der Waals surface area contributed by atoms with Gasteiger partial charge in [0.1, 0.15) is 6.07 Å². The summed E-state index contributed by atoms with van der Waals surface area (Å²) in [7, 11) is -5.72. The van der Waals surface area contributed by atoms with E-state index >= 15 is 0 Å². The lowest BCUT2D eigenvalue weighted by atomic mass is 10.1. The van der Waals surface area contributed by atoms with E-state index in [9.17, 15) is 31.2 Å².